The number of nitro benzene ring substituents is 1. The van der Waals surface area contributed by atoms with Crippen LogP contribution in [0.2, 0.25) is 5.02 Å². The molecule has 0 fully saturated rings. The molecule has 7 heteroatoms. The summed E-state index contributed by atoms with van der Waals surface area (Å²) in [5.74, 6) is -1.02. The zero-order valence-corrected chi connectivity index (χ0v) is 11.3. The van der Waals surface area contributed by atoms with Gasteiger partial charge < -0.3 is 9.67 Å². The molecule has 0 unspecified atom stereocenters. The Bertz CT molecular complexity index is 694. The van der Waals surface area contributed by atoms with Crippen LogP contribution in [0.3, 0.4) is 0 Å². The Morgan fingerprint density at radius 1 is 1.45 bits per heavy atom. The number of carbonyl (C=O) groups is 1. The van der Waals surface area contributed by atoms with Crippen LogP contribution in [0.4, 0.5) is 5.69 Å². The van der Waals surface area contributed by atoms with E-state index in [1.165, 1.54) is 18.2 Å². The lowest BCUT2D eigenvalue weighted by atomic mass is 10.2. The van der Waals surface area contributed by atoms with Gasteiger partial charge in [-0.15, -0.1) is 0 Å². The van der Waals surface area contributed by atoms with E-state index in [0.29, 0.717) is 17.8 Å². The molecule has 1 heterocycles. The van der Waals surface area contributed by atoms with Gasteiger partial charge in [0.15, 0.2) is 0 Å². The predicted molar refractivity (Wildman–Crippen MR) is 73.8 cm³/mol. The molecule has 20 heavy (non-hydrogen) atoms. The number of aromatic nitrogens is 1. The van der Waals surface area contributed by atoms with Crippen LogP contribution in [0.1, 0.15) is 23.0 Å². The number of hydrogen-bond acceptors (Lipinski definition) is 3. The summed E-state index contributed by atoms with van der Waals surface area (Å²) in [7, 11) is 0. The zero-order valence-electron chi connectivity index (χ0n) is 10.5. The molecule has 0 aliphatic heterocycles. The molecule has 2 rings (SSSR count). The minimum atomic E-state index is -1.02. The number of nitro groups is 1. The number of hydrogen-bond donors (Lipinski definition) is 1. The highest BCUT2D eigenvalue weighted by Crippen LogP contribution is 2.28. The number of rotatable bonds is 4. The summed E-state index contributed by atoms with van der Waals surface area (Å²) in [4.78, 5) is 21.4. The molecule has 0 aliphatic rings. The third-order valence-corrected chi connectivity index (χ3v) is 3.28. The Kier molecular flexibility index (Phi) is 3.76. The van der Waals surface area contributed by atoms with E-state index < -0.39 is 10.9 Å². The number of aromatic carboxylic acids is 1. The van der Waals surface area contributed by atoms with Crippen LogP contribution in [0.5, 0.6) is 0 Å². The van der Waals surface area contributed by atoms with Crippen LogP contribution in [-0.4, -0.2) is 20.6 Å². The molecule has 1 N–H and O–H groups in total. The molecule has 0 saturated carbocycles. The number of nitrogens with zero attached hydrogens (tertiary/aromatic N) is 2. The molecule has 1 aromatic heterocycles. The van der Waals surface area contributed by atoms with Gasteiger partial charge in [0.05, 0.1) is 16.2 Å². The topological polar surface area (TPSA) is 85.4 Å². The number of benzene rings is 1. The Labute approximate surface area is 119 Å². The molecule has 104 valence electrons. The van der Waals surface area contributed by atoms with E-state index in [4.69, 9.17) is 16.7 Å². The molecule has 2 aromatic rings. The van der Waals surface area contributed by atoms with Crippen molar-refractivity contribution in [3.05, 3.63) is 56.9 Å². The van der Waals surface area contributed by atoms with Crippen molar-refractivity contribution in [1.29, 1.82) is 0 Å². The maximum Gasteiger partial charge on any atom is 0.337 e. The standard InChI is InChI=1S/C13H11ClN2O4/c1-2-11-9(13(17)18)5-6-15(11)8-3-4-10(14)12(7-8)16(19)20/h3-7H,2H2,1H3,(H,17,18). The second kappa shape index (κ2) is 5.34. The zero-order chi connectivity index (χ0) is 14.9. The van der Waals surface area contributed by atoms with Crippen LogP contribution in [0, 0.1) is 10.1 Å². The molecule has 0 bridgehead atoms. The van der Waals surface area contributed by atoms with Gasteiger partial charge >= 0.3 is 5.97 Å². The summed E-state index contributed by atoms with van der Waals surface area (Å²) in [6.07, 6.45) is 2.07. The highest BCUT2D eigenvalue weighted by Gasteiger charge is 2.18. The Hall–Kier alpha value is -2.34. The smallest absolute Gasteiger partial charge is 0.337 e. The fourth-order valence-electron chi connectivity index (χ4n) is 2.05. The largest absolute Gasteiger partial charge is 0.478 e. The van der Waals surface area contributed by atoms with Gasteiger partial charge in [0.1, 0.15) is 5.02 Å². The first-order valence-electron chi connectivity index (χ1n) is 5.83. The van der Waals surface area contributed by atoms with E-state index >= 15 is 0 Å². The number of halogens is 1. The van der Waals surface area contributed by atoms with Gasteiger partial charge in [-0.1, -0.05) is 18.5 Å². The Balaban J connectivity index is 2.60. The highest BCUT2D eigenvalue weighted by atomic mass is 35.5. The van der Waals surface area contributed by atoms with E-state index in [1.807, 2.05) is 6.92 Å². The van der Waals surface area contributed by atoms with Crippen molar-refractivity contribution in [2.75, 3.05) is 0 Å². The van der Waals surface area contributed by atoms with Crippen molar-refractivity contribution in [3.8, 4) is 5.69 Å². The second-order valence-corrected chi connectivity index (χ2v) is 4.50. The third kappa shape index (κ3) is 2.37. The summed E-state index contributed by atoms with van der Waals surface area (Å²) in [6, 6.07) is 5.84. The van der Waals surface area contributed by atoms with E-state index in [-0.39, 0.29) is 16.3 Å². The minimum Gasteiger partial charge on any atom is -0.478 e. The van der Waals surface area contributed by atoms with Crippen LogP contribution >= 0.6 is 11.6 Å². The third-order valence-electron chi connectivity index (χ3n) is 2.96. The SMILES string of the molecule is CCc1c(C(=O)O)ccn1-c1ccc(Cl)c([N+](=O)[O-])c1. The number of carboxylic acid groups (broad SMARTS) is 1. The molecular weight excluding hydrogens is 284 g/mol. The summed E-state index contributed by atoms with van der Waals surface area (Å²) < 4.78 is 1.62. The van der Waals surface area contributed by atoms with Gasteiger partial charge in [-0.2, -0.15) is 0 Å². The van der Waals surface area contributed by atoms with E-state index in [1.54, 1.807) is 16.8 Å². The van der Waals surface area contributed by atoms with E-state index in [0.717, 1.165) is 0 Å². The molecule has 0 radical (unpaired) electrons. The lowest BCUT2D eigenvalue weighted by Gasteiger charge is -2.09. The molecule has 0 atom stereocenters. The van der Waals surface area contributed by atoms with Crippen molar-refractivity contribution in [1.82, 2.24) is 4.57 Å². The molecule has 0 spiro atoms. The maximum absolute atomic E-state index is 11.1. The van der Waals surface area contributed by atoms with Crippen molar-refractivity contribution < 1.29 is 14.8 Å². The first-order chi connectivity index (χ1) is 9.45. The van der Waals surface area contributed by atoms with Gasteiger partial charge in [0.2, 0.25) is 0 Å². The average Bonchev–Trinajstić information content (AvgIpc) is 2.82. The van der Waals surface area contributed by atoms with Crippen molar-refractivity contribution >= 4 is 23.3 Å². The van der Waals surface area contributed by atoms with Gasteiger partial charge in [0, 0.05) is 18.0 Å². The fraction of sp³-hybridized carbons (Fsp3) is 0.154. The Morgan fingerprint density at radius 2 is 2.15 bits per heavy atom. The summed E-state index contributed by atoms with van der Waals surface area (Å²) in [5.41, 5.74) is 1.06. The molecule has 1 aromatic carbocycles. The molecular formula is C13H11ClN2O4. The normalized spacial score (nSPS) is 10.5. The monoisotopic (exact) mass is 294 g/mol. The number of carboxylic acids is 1. The van der Waals surface area contributed by atoms with Crippen molar-refractivity contribution in [3.63, 3.8) is 0 Å². The molecule has 0 aliphatic carbocycles. The van der Waals surface area contributed by atoms with Gasteiger partial charge in [-0.25, -0.2) is 4.79 Å². The fourth-order valence-corrected chi connectivity index (χ4v) is 2.24. The molecule has 6 nitrogen and oxygen atoms in total. The summed E-state index contributed by atoms with van der Waals surface area (Å²) in [6.45, 7) is 1.82. The van der Waals surface area contributed by atoms with Crippen molar-refractivity contribution in [2.45, 2.75) is 13.3 Å². The van der Waals surface area contributed by atoms with Gasteiger partial charge in [0.25, 0.3) is 5.69 Å². The van der Waals surface area contributed by atoms with Crippen LogP contribution in [0.25, 0.3) is 5.69 Å². The molecule has 0 amide bonds. The lowest BCUT2D eigenvalue weighted by molar-refractivity contribution is -0.384. The second-order valence-electron chi connectivity index (χ2n) is 4.10. The highest BCUT2D eigenvalue weighted by molar-refractivity contribution is 6.32. The van der Waals surface area contributed by atoms with Crippen molar-refractivity contribution in [2.24, 2.45) is 0 Å². The molecule has 0 saturated heterocycles. The van der Waals surface area contributed by atoms with E-state index in [9.17, 15) is 14.9 Å². The first kappa shape index (κ1) is 14.1. The van der Waals surface area contributed by atoms with Crippen LogP contribution in [0.15, 0.2) is 30.5 Å². The van der Waals surface area contributed by atoms with Crippen LogP contribution in [-0.2, 0) is 6.42 Å². The Morgan fingerprint density at radius 3 is 2.70 bits per heavy atom. The van der Waals surface area contributed by atoms with E-state index in [2.05, 4.69) is 0 Å². The average molecular weight is 295 g/mol. The minimum absolute atomic E-state index is 0.0439. The summed E-state index contributed by atoms with van der Waals surface area (Å²) in [5, 5.41) is 20.0. The quantitative estimate of drug-likeness (QED) is 0.692. The lowest BCUT2D eigenvalue weighted by Crippen LogP contribution is -2.04. The predicted octanol–water partition coefficient (Wildman–Crippen LogP) is 3.30. The van der Waals surface area contributed by atoms with Gasteiger partial charge in [-0.3, -0.25) is 10.1 Å². The van der Waals surface area contributed by atoms with Gasteiger partial charge in [-0.05, 0) is 24.6 Å². The maximum atomic E-state index is 11.1. The first-order valence-corrected chi connectivity index (χ1v) is 6.21. The van der Waals surface area contributed by atoms with Crippen LogP contribution < -0.4 is 0 Å². The summed E-state index contributed by atoms with van der Waals surface area (Å²) >= 11 is 5.76.